The van der Waals surface area contributed by atoms with E-state index in [-0.39, 0.29) is 11.3 Å². The SMILES string of the molecule is COC(=O)CC(=O)c1cc(NC(=O)OC(C)(C)C)ccc1F. The summed E-state index contributed by atoms with van der Waals surface area (Å²) in [6, 6.07) is 3.45. The molecule has 0 saturated carbocycles. The Morgan fingerprint density at radius 3 is 2.41 bits per heavy atom. The second-order valence-electron chi connectivity index (χ2n) is 5.50. The van der Waals surface area contributed by atoms with Gasteiger partial charge in [0.25, 0.3) is 0 Å². The number of amides is 1. The number of rotatable bonds is 4. The third kappa shape index (κ3) is 5.51. The molecule has 0 aliphatic heterocycles. The van der Waals surface area contributed by atoms with E-state index in [1.165, 1.54) is 6.07 Å². The molecule has 0 heterocycles. The molecule has 0 saturated heterocycles. The fourth-order valence-electron chi connectivity index (χ4n) is 1.54. The number of halogens is 1. The molecule has 0 aliphatic rings. The van der Waals surface area contributed by atoms with Crippen molar-refractivity contribution in [2.75, 3.05) is 12.4 Å². The second-order valence-corrected chi connectivity index (χ2v) is 5.50. The lowest BCUT2D eigenvalue weighted by Gasteiger charge is -2.19. The number of hydrogen-bond acceptors (Lipinski definition) is 5. The molecular formula is C15H18FNO5. The molecule has 1 N–H and O–H groups in total. The van der Waals surface area contributed by atoms with E-state index in [4.69, 9.17) is 4.74 Å². The van der Waals surface area contributed by atoms with Crippen LogP contribution in [0.4, 0.5) is 14.9 Å². The van der Waals surface area contributed by atoms with E-state index in [0.717, 1.165) is 19.2 Å². The van der Waals surface area contributed by atoms with Crippen LogP contribution in [0.2, 0.25) is 0 Å². The minimum absolute atomic E-state index is 0.184. The highest BCUT2D eigenvalue weighted by molar-refractivity contribution is 6.06. The number of methoxy groups -OCH3 is 1. The molecule has 0 radical (unpaired) electrons. The number of benzene rings is 1. The topological polar surface area (TPSA) is 81.7 Å². The van der Waals surface area contributed by atoms with Gasteiger partial charge in [0.05, 0.1) is 12.7 Å². The highest BCUT2D eigenvalue weighted by atomic mass is 19.1. The smallest absolute Gasteiger partial charge is 0.412 e. The molecule has 1 amide bonds. The molecule has 22 heavy (non-hydrogen) atoms. The van der Waals surface area contributed by atoms with Gasteiger partial charge in [-0.05, 0) is 39.0 Å². The Balaban J connectivity index is 2.88. The summed E-state index contributed by atoms with van der Waals surface area (Å²) in [6.45, 7) is 5.09. The Labute approximate surface area is 127 Å². The molecule has 0 unspecified atom stereocenters. The van der Waals surface area contributed by atoms with Crippen LogP contribution in [0.5, 0.6) is 0 Å². The van der Waals surface area contributed by atoms with Crippen LogP contribution in [0.15, 0.2) is 18.2 Å². The average Bonchev–Trinajstić information content (AvgIpc) is 2.38. The lowest BCUT2D eigenvalue weighted by atomic mass is 10.1. The number of carbonyl (C=O) groups excluding carboxylic acids is 3. The molecule has 0 atom stereocenters. The zero-order chi connectivity index (χ0) is 16.9. The van der Waals surface area contributed by atoms with E-state index < -0.39 is 35.7 Å². The van der Waals surface area contributed by atoms with Crippen molar-refractivity contribution in [2.24, 2.45) is 0 Å². The van der Waals surface area contributed by atoms with Crippen LogP contribution < -0.4 is 5.32 Å². The number of hydrogen-bond donors (Lipinski definition) is 1. The Morgan fingerprint density at radius 2 is 1.86 bits per heavy atom. The fraction of sp³-hybridized carbons (Fsp3) is 0.400. The normalized spacial score (nSPS) is 10.8. The molecule has 6 nitrogen and oxygen atoms in total. The van der Waals surface area contributed by atoms with Gasteiger partial charge in [-0.15, -0.1) is 0 Å². The molecule has 1 aromatic rings. The summed E-state index contributed by atoms with van der Waals surface area (Å²) in [5, 5.41) is 2.39. The molecule has 0 fully saturated rings. The predicted octanol–water partition coefficient (Wildman–Crippen LogP) is 2.92. The van der Waals surface area contributed by atoms with Gasteiger partial charge in [0.2, 0.25) is 0 Å². The van der Waals surface area contributed by atoms with E-state index >= 15 is 0 Å². The summed E-state index contributed by atoms with van der Waals surface area (Å²) < 4.78 is 23.1. The van der Waals surface area contributed by atoms with Gasteiger partial charge in [0, 0.05) is 5.69 Å². The quantitative estimate of drug-likeness (QED) is 0.525. The Bertz CT molecular complexity index is 592. The first-order chi connectivity index (χ1) is 10.1. The Hall–Kier alpha value is -2.44. The molecule has 1 rings (SSSR count). The van der Waals surface area contributed by atoms with E-state index in [0.29, 0.717) is 0 Å². The van der Waals surface area contributed by atoms with E-state index in [9.17, 15) is 18.8 Å². The summed E-state index contributed by atoms with van der Waals surface area (Å²) in [5.41, 5.74) is -0.809. The molecule has 7 heteroatoms. The molecular weight excluding hydrogens is 293 g/mol. The summed E-state index contributed by atoms with van der Waals surface area (Å²) >= 11 is 0. The van der Waals surface area contributed by atoms with Gasteiger partial charge < -0.3 is 9.47 Å². The van der Waals surface area contributed by atoms with E-state index in [2.05, 4.69) is 10.1 Å². The van der Waals surface area contributed by atoms with Gasteiger partial charge in [-0.3, -0.25) is 14.9 Å². The average molecular weight is 311 g/mol. The lowest BCUT2D eigenvalue weighted by molar-refractivity contribution is -0.139. The van der Waals surface area contributed by atoms with Crippen molar-refractivity contribution in [1.82, 2.24) is 0 Å². The monoisotopic (exact) mass is 311 g/mol. The summed E-state index contributed by atoms with van der Waals surface area (Å²) in [5.74, 6) is -2.30. The number of anilines is 1. The molecule has 0 aromatic heterocycles. The Morgan fingerprint density at radius 1 is 1.23 bits per heavy atom. The van der Waals surface area contributed by atoms with Crippen LogP contribution in [-0.4, -0.2) is 30.6 Å². The first kappa shape index (κ1) is 17.6. The van der Waals surface area contributed by atoms with Crippen molar-refractivity contribution < 1.29 is 28.2 Å². The van der Waals surface area contributed by atoms with Crippen molar-refractivity contribution in [3.8, 4) is 0 Å². The van der Waals surface area contributed by atoms with E-state index in [1.807, 2.05) is 0 Å². The van der Waals surface area contributed by atoms with Crippen LogP contribution in [-0.2, 0) is 14.3 Å². The minimum Gasteiger partial charge on any atom is -0.469 e. The largest absolute Gasteiger partial charge is 0.469 e. The van der Waals surface area contributed by atoms with Crippen molar-refractivity contribution in [2.45, 2.75) is 32.8 Å². The van der Waals surface area contributed by atoms with Gasteiger partial charge in [0.1, 0.15) is 17.8 Å². The van der Waals surface area contributed by atoms with Gasteiger partial charge in [0.15, 0.2) is 5.78 Å². The standard InChI is InChI=1S/C15H18FNO5/c1-15(2,3)22-14(20)17-9-5-6-11(16)10(7-9)12(18)8-13(19)21-4/h5-7H,8H2,1-4H3,(H,17,20). The predicted molar refractivity (Wildman–Crippen MR) is 77.2 cm³/mol. The van der Waals surface area contributed by atoms with Crippen LogP contribution >= 0.6 is 0 Å². The zero-order valence-electron chi connectivity index (χ0n) is 12.9. The first-order valence-electron chi connectivity index (χ1n) is 6.52. The highest BCUT2D eigenvalue weighted by Gasteiger charge is 2.19. The second kappa shape index (κ2) is 7.02. The number of ether oxygens (including phenoxy) is 2. The van der Waals surface area contributed by atoms with Crippen LogP contribution in [0, 0.1) is 5.82 Å². The van der Waals surface area contributed by atoms with Crippen LogP contribution in [0.3, 0.4) is 0 Å². The zero-order valence-corrected chi connectivity index (χ0v) is 12.9. The highest BCUT2D eigenvalue weighted by Crippen LogP contribution is 2.18. The maximum Gasteiger partial charge on any atom is 0.412 e. The third-order valence-electron chi connectivity index (χ3n) is 2.44. The summed E-state index contributed by atoms with van der Waals surface area (Å²) in [6.07, 6.45) is -1.31. The van der Waals surface area contributed by atoms with Gasteiger partial charge in [-0.25, -0.2) is 9.18 Å². The number of Topliss-reactive ketones (excluding diaryl/α,β-unsaturated/α-hetero) is 1. The maximum absolute atomic E-state index is 13.7. The molecule has 1 aromatic carbocycles. The fourth-order valence-corrected chi connectivity index (χ4v) is 1.54. The van der Waals surface area contributed by atoms with Crippen molar-refractivity contribution in [3.63, 3.8) is 0 Å². The van der Waals surface area contributed by atoms with Crippen molar-refractivity contribution >= 4 is 23.5 Å². The Kier molecular flexibility index (Phi) is 5.62. The van der Waals surface area contributed by atoms with Crippen molar-refractivity contribution in [3.05, 3.63) is 29.6 Å². The molecule has 0 aliphatic carbocycles. The summed E-state index contributed by atoms with van der Waals surface area (Å²) in [7, 11) is 1.13. The molecule has 0 bridgehead atoms. The maximum atomic E-state index is 13.7. The van der Waals surface area contributed by atoms with Crippen LogP contribution in [0.25, 0.3) is 0 Å². The molecule has 0 spiro atoms. The van der Waals surface area contributed by atoms with Gasteiger partial charge in [-0.1, -0.05) is 0 Å². The van der Waals surface area contributed by atoms with Gasteiger partial charge >= 0.3 is 12.1 Å². The number of carbonyl (C=O) groups is 3. The third-order valence-corrected chi connectivity index (χ3v) is 2.44. The first-order valence-corrected chi connectivity index (χ1v) is 6.52. The van der Waals surface area contributed by atoms with Gasteiger partial charge in [-0.2, -0.15) is 0 Å². The van der Waals surface area contributed by atoms with Crippen LogP contribution in [0.1, 0.15) is 37.6 Å². The molecule has 120 valence electrons. The van der Waals surface area contributed by atoms with Crippen molar-refractivity contribution in [1.29, 1.82) is 0 Å². The number of nitrogens with one attached hydrogen (secondary N) is 1. The lowest BCUT2D eigenvalue weighted by Crippen LogP contribution is -2.27. The minimum atomic E-state index is -0.788. The number of ketones is 1. The van der Waals surface area contributed by atoms with E-state index in [1.54, 1.807) is 20.8 Å². The number of esters is 1. The summed E-state index contributed by atoms with van der Waals surface area (Å²) in [4.78, 5) is 34.5.